The summed E-state index contributed by atoms with van der Waals surface area (Å²) in [6, 6.07) is 8.53. The SMILES string of the molecule is COC(=O)c1ccc(Oc2cccc(N)c2Br)nc1C. The number of nitrogens with zero attached hydrogens (tertiary/aromatic N) is 1. The molecular weight excluding hydrogens is 324 g/mol. The number of halogens is 1. The largest absolute Gasteiger partial charge is 0.465 e. The molecule has 1 heterocycles. The molecule has 0 unspecified atom stereocenters. The molecule has 0 spiro atoms. The third-order valence-corrected chi connectivity index (χ3v) is 3.52. The highest BCUT2D eigenvalue weighted by Crippen LogP contribution is 2.33. The first-order chi connectivity index (χ1) is 9.52. The zero-order chi connectivity index (χ0) is 14.7. The van der Waals surface area contributed by atoms with Crippen LogP contribution < -0.4 is 10.5 Å². The second-order valence-electron chi connectivity index (χ2n) is 4.04. The first kappa shape index (κ1) is 14.3. The average Bonchev–Trinajstić information content (AvgIpc) is 2.43. The van der Waals surface area contributed by atoms with E-state index in [1.54, 1.807) is 37.3 Å². The monoisotopic (exact) mass is 336 g/mol. The van der Waals surface area contributed by atoms with Gasteiger partial charge in [0.1, 0.15) is 5.75 Å². The van der Waals surface area contributed by atoms with E-state index in [1.165, 1.54) is 7.11 Å². The maximum Gasteiger partial charge on any atom is 0.339 e. The summed E-state index contributed by atoms with van der Waals surface area (Å²) >= 11 is 3.35. The van der Waals surface area contributed by atoms with Gasteiger partial charge in [0.15, 0.2) is 0 Å². The van der Waals surface area contributed by atoms with Crippen LogP contribution in [0.2, 0.25) is 0 Å². The van der Waals surface area contributed by atoms with Crippen molar-refractivity contribution in [3.05, 3.63) is 46.1 Å². The molecular formula is C14H13BrN2O3. The molecule has 0 saturated carbocycles. The first-order valence-corrected chi connectivity index (χ1v) is 6.60. The Labute approximate surface area is 124 Å². The Morgan fingerprint density at radius 2 is 2.05 bits per heavy atom. The fourth-order valence-corrected chi connectivity index (χ4v) is 1.99. The summed E-state index contributed by atoms with van der Waals surface area (Å²) in [4.78, 5) is 15.7. The lowest BCUT2D eigenvalue weighted by molar-refractivity contribution is 0.0599. The summed E-state index contributed by atoms with van der Waals surface area (Å²) in [7, 11) is 1.33. The highest BCUT2D eigenvalue weighted by molar-refractivity contribution is 9.10. The summed E-state index contributed by atoms with van der Waals surface area (Å²) in [5.74, 6) is 0.510. The Morgan fingerprint density at radius 3 is 2.70 bits per heavy atom. The van der Waals surface area contributed by atoms with Crippen LogP contribution in [0.4, 0.5) is 5.69 Å². The van der Waals surface area contributed by atoms with Crippen LogP contribution in [-0.2, 0) is 4.74 Å². The van der Waals surface area contributed by atoms with Crippen LogP contribution in [0.15, 0.2) is 34.8 Å². The van der Waals surface area contributed by atoms with Crippen molar-refractivity contribution in [3.63, 3.8) is 0 Å². The Morgan fingerprint density at radius 1 is 1.30 bits per heavy atom. The van der Waals surface area contributed by atoms with Gasteiger partial charge in [-0.2, -0.15) is 0 Å². The third kappa shape index (κ3) is 2.91. The van der Waals surface area contributed by atoms with Crippen LogP contribution in [0.25, 0.3) is 0 Å². The zero-order valence-electron chi connectivity index (χ0n) is 11.0. The van der Waals surface area contributed by atoms with Crippen molar-refractivity contribution in [2.45, 2.75) is 6.92 Å². The topological polar surface area (TPSA) is 74.4 Å². The molecule has 2 rings (SSSR count). The van der Waals surface area contributed by atoms with Crippen molar-refractivity contribution in [3.8, 4) is 11.6 Å². The molecule has 0 atom stereocenters. The van der Waals surface area contributed by atoms with Crippen LogP contribution in [0.3, 0.4) is 0 Å². The Kier molecular flexibility index (Phi) is 4.24. The summed E-state index contributed by atoms with van der Waals surface area (Å²) in [6.07, 6.45) is 0. The molecule has 0 bridgehead atoms. The van der Waals surface area contributed by atoms with Crippen LogP contribution in [0, 0.1) is 6.92 Å². The number of methoxy groups -OCH3 is 1. The Hall–Kier alpha value is -2.08. The van der Waals surface area contributed by atoms with Gasteiger partial charge < -0.3 is 15.2 Å². The number of esters is 1. The van der Waals surface area contributed by atoms with Gasteiger partial charge in [0.25, 0.3) is 0 Å². The zero-order valence-corrected chi connectivity index (χ0v) is 12.6. The molecule has 0 aliphatic rings. The lowest BCUT2D eigenvalue weighted by Gasteiger charge is -2.10. The van der Waals surface area contributed by atoms with Gasteiger partial charge in [0.2, 0.25) is 5.88 Å². The number of carbonyl (C=O) groups excluding carboxylic acids is 1. The number of pyridine rings is 1. The van der Waals surface area contributed by atoms with E-state index in [4.69, 9.17) is 10.5 Å². The van der Waals surface area contributed by atoms with E-state index < -0.39 is 5.97 Å². The fraction of sp³-hybridized carbons (Fsp3) is 0.143. The molecule has 0 amide bonds. The lowest BCUT2D eigenvalue weighted by atomic mass is 10.2. The minimum atomic E-state index is -0.424. The van der Waals surface area contributed by atoms with E-state index in [-0.39, 0.29) is 0 Å². The molecule has 2 N–H and O–H groups in total. The number of aryl methyl sites for hydroxylation is 1. The highest BCUT2D eigenvalue weighted by Gasteiger charge is 2.12. The summed E-state index contributed by atoms with van der Waals surface area (Å²) < 4.78 is 11.0. The van der Waals surface area contributed by atoms with Gasteiger partial charge in [0, 0.05) is 11.8 Å². The van der Waals surface area contributed by atoms with Crippen LogP contribution in [-0.4, -0.2) is 18.1 Å². The Balaban J connectivity index is 2.29. The second kappa shape index (κ2) is 5.92. The average molecular weight is 337 g/mol. The van der Waals surface area contributed by atoms with Gasteiger partial charge in [-0.15, -0.1) is 0 Å². The van der Waals surface area contributed by atoms with Crippen LogP contribution >= 0.6 is 15.9 Å². The quantitative estimate of drug-likeness (QED) is 0.687. The van der Waals surface area contributed by atoms with E-state index >= 15 is 0 Å². The molecule has 5 nitrogen and oxygen atoms in total. The van der Waals surface area contributed by atoms with Gasteiger partial charge in [-0.3, -0.25) is 0 Å². The first-order valence-electron chi connectivity index (χ1n) is 5.80. The van der Waals surface area contributed by atoms with Gasteiger partial charge in [0.05, 0.1) is 22.8 Å². The number of anilines is 1. The normalized spacial score (nSPS) is 10.2. The summed E-state index contributed by atoms with van der Waals surface area (Å²) in [6.45, 7) is 1.72. The van der Waals surface area contributed by atoms with Crippen molar-refractivity contribution in [1.82, 2.24) is 4.98 Å². The van der Waals surface area contributed by atoms with E-state index in [2.05, 4.69) is 25.7 Å². The van der Waals surface area contributed by atoms with Crippen molar-refractivity contribution in [2.24, 2.45) is 0 Å². The minimum absolute atomic E-state index is 0.376. The summed E-state index contributed by atoms with van der Waals surface area (Å²) in [5, 5.41) is 0. The number of carbonyl (C=O) groups is 1. The molecule has 0 aliphatic heterocycles. The molecule has 20 heavy (non-hydrogen) atoms. The maximum atomic E-state index is 11.5. The molecule has 0 radical (unpaired) electrons. The number of aromatic nitrogens is 1. The molecule has 6 heteroatoms. The number of nitrogen functional groups attached to an aromatic ring is 1. The van der Waals surface area contributed by atoms with Crippen molar-refractivity contribution >= 4 is 27.6 Å². The van der Waals surface area contributed by atoms with Crippen LogP contribution in [0.5, 0.6) is 11.6 Å². The number of benzene rings is 1. The smallest absolute Gasteiger partial charge is 0.339 e. The van der Waals surface area contributed by atoms with Gasteiger partial charge in [-0.25, -0.2) is 9.78 Å². The molecule has 1 aromatic heterocycles. The molecule has 0 aliphatic carbocycles. The van der Waals surface area contributed by atoms with E-state index in [0.717, 1.165) is 0 Å². The predicted molar refractivity (Wildman–Crippen MR) is 78.9 cm³/mol. The lowest BCUT2D eigenvalue weighted by Crippen LogP contribution is -2.05. The van der Waals surface area contributed by atoms with Gasteiger partial charge in [-0.05, 0) is 41.1 Å². The number of nitrogens with two attached hydrogens (primary N) is 1. The predicted octanol–water partition coefficient (Wildman–Crippen LogP) is 3.31. The maximum absolute atomic E-state index is 11.5. The standard InChI is InChI=1S/C14H13BrN2O3/c1-8-9(14(18)19-2)6-7-12(17-8)20-11-5-3-4-10(16)13(11)15/h3-7H,16H2,1-2H3. The molecule has 0 fully saturated rings. The van der Waals surface area contributed by atoms with Crippen LogP contribution in [0.1, 0.15) is 16.1 Å². The minimum Gasteiger partial charge on any atom is -0.465 e. The number of hydrogen-bond donors (Lipinski definition) is 1. The van der Waals surface area contributed by atoms with E-state index in [0.29, 0.717) is 33.0 Å². The molecule has 0 saturated heterocycles. The fourth-order valence-electron chi connectivity index (χ4n) is 1.64. The third-order valence-electron chi connectivity index (χ3n) is 2.67. The van der Waals surface area contributed by atoms with Crippen molar-refractivity contribution in [1.29, 1.82) is 0 Å². The number of rotatable bonds is 3. The second-order valence-corrected chi connectivity index (χ2v) is 4.83. The number of hydrogen-bond acceptors (Lipinski definition) is 5. The van der Waals surface area contributed by atoms with Crippen molar-refractivity contribution in [2.75, 3.05) is 12.8 Å². The van der Waals surface area contributed by atoms with E-state index in [9.17, 15) is 4.79 Å². The molecule has 104 valence electrons. The van der Waals surface area contributed by atoms with Crippen molar-refractivity contribution < 1.29 is 14.3 Å². The van der Waals surface area contributed by atoms with Gasteiger partial charge in [-0.1, -0.05) is 6.07 Å². The van der Waals surface area contributed by atoms with Gasteiger partial charge >= 0.3 is 5.97 Å². The molecule has 2 aromatic rings. The Bertz CT molecular complexity index is 659. The molecule has 1 aromatic carbocycles. The highest BCUT2D eigenvalue weighted by atomic mass is 79.9. The van der Waals surface area contributed by atoms with E-state index in [1.807, 2.05) is 0 Å². The summed E-state index contributed by atoms with van der Waals surface area (Å²) in [5.41, 5.74) is 7.30. The number of ether oxygens (including phenoxy) is 2.